The first-order valence-corrected chi connectivity index (χ1v) is 5.70. The average Bonchev–Trinajstić information content (AvgIpc) is 2.26. The van der Waals surface area contributed by atoms with Crippen molar-refractivity contribution >= 4 is 0 Å². The van der Waals surface area contributed by atoms with Gasteiger partial charge in [-0.25, -0.2) is 8.78 Å². The molecule has 96 valence electrons. The predicted octanol–water partition coefficient (Wildman–Crippen LogP) is 2.90. The largest absolute Gasteiger partial charge is 0.385 e. The van der Waals surface area contributed by atoms with E-state index in [1.807, 2.05) is 6.92 Å². The molecule has 0 fully saturated rings. The number of halogens is 2. The SMILES string of the molecule is CNC(c1cc(F)cc(F)c1)C(C)CCOC. The summed E-state index contributed by atoms with van der Waals surface area (Å²) in [5.74, 6) is -0.848. The number of hydrogen-bond acceptors (Lipinski definition) is 2. The van der Waals surface area contributed by atoms with Crippen LogP contribution >= 0.6 is 0 Å². The Kier molecular flexibility index (Phi) is 5.51. The zero-order valence-electron chi connectivity index (χ0n) is 10.5. The molecule has 0 heterocycles. The molecule has 0 radical (unpaired) electrons. The van der Waals surface area contributed by atoms with Crippen LogP contribution in [0.25, 0.3) is 0 Å². The number of methoxy groups -OCH3 is 1. The lowest BCUT2D eigenvalue weighted by Gasteiger charge is -2.24. The van der Waals surface area contributed by atoms with E-state index < -0.39 is 11.6 Å². The Morgan fingerprint density at radius 2 is 1.82 bits per heavy atom. The van der Waals surface area contributed by atoms with E-state index in [2.05, 4.69) is 5.32 Å². The van der Waals surface area contributed by atoms with Gasteiger partial charge in [-0.2, -0.15) is 0 Å². The second-order valence-corrected chi connectivity index (χ2v) is 4.23. The number of ether oxygens (including phenoxy) is 1. The highest BCUT2D eigenvalue weighted by Crippen LogP contribution is 2.25. The third-order valence-corrected chi connectivity index (χ3v) is 2.90. The van der Waals surface area contributed by atoms with Crippen molar-refractivity contribution in [3.8, 4) is 0 Å². The summed E-state index contributed by atoms with van der Waals surface area (Å²) in [6, 6.07) is 3.55. The Balaban J connectivity index is 2.84. The highest BCUT2D eigenvalue weighted by atomic mass is 19.1. The summed E-state index contributed by atoms with van der Waals surface area (Å²) >= 11 is 0. The fourth-order valence-electron chi connectivity index (χ4n) is 2.00. The Morgan fingerprint density at radius 3 is 2.29 bits per heavy atom. The van der Waals surface area contributed by atoms with Crippen LogP contribution in [0.5, 0.6) is 0 Å². The maximum Gasteiger partial charge on any atom is 0.126 e. The molecule has 0 saturated heterocycles. The summed E-state index contributed by atoms with van der Waals surface area (Å²) in [7, 11) is 3.43. The van der Waals surface area contributed by atoms with Crippen molar-refractivity contribution < 1.29 is 13.5 Å². The van der Waals surface area contributed by atoms with Gasteiger partial charge in [-0.15, -0.1) is 0 Å². The molecule has 0 aliphatic carbocycles. The van der Waals surface area contributed by atoms with E-state index in [1.165, 1.54) is 12.1 Å². The molecule has 17 heavy (non-hydrogen) atoms. The Morgan fingerprint density at radius 1 is 1.24 bits per heavy atom. The van der Waals surface area contributed by atoms with Crippen LogP contribution in [-0.4, -0.2) is 20.8 Å². The van der Waals surface area contributed by atoms with Crippen LogP contribution in [0.15, 0.2) is 18.2 Å². The van der Waals surface area contributed by atoms with E-state index in [-0.39, 0.29) is 12.0 Å². The molecule has 2 unspecified atom stereocenters. The lowest BCUT2D eigenvalue weighted by molar-refractivity contribution is 0.171. The van der Waals surface area contributed by atoms with Gasteiger partial charge in [-0.1, -0.05) is 6.92 Å². The van der Waals surface area contributed by atoms with Crippen molar-refractivity contribution in [3.05, 3.63) is 35.4 Å². The van der Waals surface area contributed by atoms with Crippen LogP contribution in [0.2, 0.25) is 0 Å². The monoisotopic (exact) mass is 243 g/mol. The van der Waals surface area contributed by atoms with Crippen LogP contribution in [0.3, 0.4) is 0 Å². The van der Waals surface area contributed by atoms with Gasteiger partial charge in [0, 0.05) is 25.8 Å². The van der Waals surface area contributed by atoms with Crippen LogP contribution in [-0.2, 0) is 4.74 Å². The highest BCUT2D eigenvalue weighted by Gasteiger charge is 2.18. The summed E-state index contributed by atoms with van der Waals surface area (Å²) in [5.41, 5.74) is 0.633. The van der Waals surface area contributed by atoms with Gasteiger partial charge in [-0.05, 0) is 37.1 Å². The number of rotatable bonds is 6. The molecule has 0 aliphatic heterocycles. The average molecular weight is 243 g/mol. The zero-order chi connectivity index (χ0) is 12.8. The fraction of sp³-hybridized carbons (Fsp3) is 0.538. The predicted molar refractivity (Wildman–Crippen MR) is 63.8 cm³/mol. The molecule has 0 aliphatic rings. The van der Waals surface area contributed by atoms with E-state index in [0.29, 0.717) is 12.2 Å². The minimum Gasteiger partial charge on any atom is -0.385 e. The van der Waals surface area contributed by atoms with E-state index in [0.717, 1.165) is 12.5 Å². The molecule has 1 aromatic carbocycles. The summed E-state index contributed by atoms with van der Waals surface area (Å²) in [6.45, 7) is 2.67. The summed E-state index contributed by atoms with van der Waals surface area (Å²) < 4.78 is 31.3. The molecule has 2 atom stereocenters. The minimum absolute atomic E-state index is 0.0738. The zero-order valence-corrected chi connectivity index (χ0v) is 10.5. The van der Waals surface area contributed by atoms with Crippen molar-refractivity contribution in [1.82, 2.24) is 5.32 Å². The van der Waals surface area contributed by atoms with Crippen LogP contribution < -0.4 is 5.32 Å². The fourth-order valence-corrected chi connectivity index (χ4v) is 2.00. The van der Waals surface area contributed by atoms with Crippen LogP contribution in [0.4, 0.5) is 8.78 Å². The number of hydrogen-bond donors (Lipinski definition) is 1. The van der Waals surface area contributed by atoms with Gasteiger partial charge in [-0.3, -0.25) is 0 Å². The second kappa shape index (κ2) is 6.67. The Bertz CT molecular complexity index is 337. The molecule has 1 rings (SSSR count). The standard InChI is InChI=1S/C13H19F2NO/c1-9(4-5-17-3)13(16-2)10-6-11(14)8-12(15)7-10/h6-9,13,16H,4-5H2,1-3H3. The van der Waals surface area contributed by atoms with Gasteiger partial charge in [0.05, 0.1) is 0 Å². The molecule has 2 nitrogen and oxygen atoms in total. The van der Waals surface area contributed by atoms with Crippen molar-refractivity contribution in [1.29, 1.82) is 0 Å². The maximum atomic E-state index is 13.1. The minimum atomic E-state index is -0.542. The first kappa shape index (κ1) is 14.1. The molecule has 4 heteroatoms. The molecule has 0 amide bonds. The van der Waals surface area contributed by atoms with Gasteiger partial charge in [0.2, 0.25) is 0 Å². The number of benzene rings is 1. The maximum absolute atomic E-state index is 13.1. The van der Waals surface area contributed by atoms with Crippen molar-refractivity contribution in [2.45, 2.75) is 19.4 Å². The van der Waals surface area contributed by atoms with Gasteiger partial charge in [0.1, 0.15) is 11.6 Å². The van der Waals surface area contributed by atoms with E-state index in [4.69, 9.17) is 4.74 Å². The van der Waals surface area contributed by atoms with Crippen LogP contribution in [0.1, 0.15) is 24.9 Å². The summed E-state index contributed by atoms with van der Waals surface area (Å²) in [4.78, 5) is 0. The molecule has 0 bridgehead atoms. The van der Waals surface area contributed by atoms with Crippen LogP contribution in [0, 0.1) is 17.6 Å². The van der Waals surface area contributed by atoms with E-state index >= 15 is 0 Å². The first-order chi connectivity index (χ1) is 8.08. The summed E-state index contributed by atoms with van der Waals surface area (Å²) in [5, 5.41) is 3.09. The quantitative estimate of drug-likeness (QED) is 0.829. The summed E-state index contributed by atoms with van der Waals surface area (Å²) in [6.07, 6.45) is 0.833. The molecule has 1 aromatic rings. The van der Waals surface area contributed by atoms with E-state index in [1.54, 1.807) is 14.2 Å². The first-order valence-electron chi connectivity index (χ1n) is 5.70. The smallest absolute Gasteiger partial charge is 0.126 e. The lowest BCUT2D eigenvalue weighted by Crippen LogP contribution is -2.24. The topological polar surface area (TPSA) is 21.3 Å². The molecular formula is C13H19F2NO. The normalized spacial score (nSPS) is 14.6. The van der Waals surface area contributed by atoms with Crippen molar-refractivity contribution in [2.75, 3.05) is 20.8 Å². The molecule has 0 aromatic heterocycles. The third-order valence-electron chi connectivity index (χ3n) is 2.90. The lowest BCUT2D eigenvalue weighted by atomic mass is 9.92. The molecule has 1 N–H and O–H groups in total. The van der Waals surface area contributed by atoms with E-state index in [9.17, 15) is 8.78 Å². The highest BCUT2D eigenvalue weighted by molar-refractivity contribution is 5.22. The molecule has 0 saturated carbocycles. The van der Waals surface area contributed by atoms with Gasteiger partial charge < -0.3 is 10.1 Å². The third kappa shape index (κ3) is 4.06. The van der Waals surface area contributed by atoms with Gasteiger partial charge >= 0.3 is 0 Å². The molecule has 0 spiro atoms. The van der Waals surface area contributed by atoms with Crippen molar-refractivity contribution in [3.63, 3.8) is 0 Å². The number of nitrogens with one attached hydrogen (secondary N) is 1. The Hall–Kier alpha value is -1.00. The van der Waals surface area contributed by atoms with Crippen molar-refractivity contribution in [2.24, 2.45) is 5.92 Å². The Labute approximate surface area is 101 Å². The van der Waals surface area contributed by atoms with Gasteiger partial charge in [0.15, 0.2) is 0 Å². The second-order valence-electron chi connectivity index (χ2n) is 4.23. The van der Waals surface area contributed by atoms with Gasteiger partial charge in [0.25, 0.3) is 0 Å². The molecular weight excluding hydrogens is 224 g/mol.